The lowest BCUT2D eigenvalue weighted by Crippen LogP contribution is -2.33. The molecule has 12 heteroatoms. The van der Waals surface area contributed by atoms with Crippen LogP contribution >= 0.6 is 0 Å². The van der Waals surface area contributed by atoms with Gasteiger partial charge >= 0.3 is 5.97 Å². The van der Waals surface area contributed by atoms with Crippen LogP contribution < -0.4 is 16.8 Å². The van der Waals surface area contributed by atoms with Crippen LogP contribution in [0.25, 0.3) is 5.69 Å². The molecule has 0 unspecified atom stereocenters. The predicted octanol–water partition coefficient (Wildman–Crippen LogP) is 2.72. The smallest absolute Gasteiger partial charge is 0.307 e. The molecule has 10 nitrogen and oxygen atoms in total. The number of hydrogen-bond acceptors (Lipinski definition) is 8. The second-order valence-corrected chi connectivity index (χ2v) is 13.4. The second-order valence-electron chi connectivity index (χ2n) is 11.5. The molecular formula is C27H35FN4O6S. The Kier molecular flexibility index (Phi) is 7.23. The van der Waals surface area contributed by atoms with Crippen LogP contribution in [0.3, 0.4) is 0 Å². The molecule has 1 aliphatic carbocycles. The van der Waals surface area contributed by atoms with Gasteiger partial charge in [-0.1, -0.05) is 13.8 Å². The van der Waals surface area contributed by atoms with Crippen molar-refractivity contribution < 1.29 is 31.9 Å². The van der Waals surface area contributed by atoms with Gasteiger partial charge in [-0.3, -0.25) is 9.59 Å². The summed E-state index contributed by atoms with van der Waals surface area (Å²) >= 11 is 0. The van der Waals surface area contributed by atoms with Crippen molar-refractivity contribution in [2.45, 2.75) is 82.6 Å². The van der Waals surface area contributed by atoms with Gasteiger partial charge in [0.2, 0.25) is 0 Å². The number of primary amides is 1. The summed E-state index contributed by atoms with van der Waals surface area (Å²) in [5.41, 5.74) is 12.8. The molecule has 5 rings (SSSR count). The van der Waals surface area contributed by atoms with Crippen LogP contribution in [0.4, 0.5) is 10.1 Å². The van der Waals surface area contributed by atoms with Crippen molar-refractivity contribution in [3.8, 4) is 5.69 Å². The summed E-state index contributed by atoms with van der Waals surface area (Å²) in [6.45, 7) is 4.42. The molecule has 0 atom stereocenters. The van der Waals surface area contributed by atoms with Gasteiger partial charge in [-0.25, -0.2) is 12.8 Å². The highest BCUT2D eigenvalue weighted by molar-refractivity contribution is 7.91. The van der Waals surface area contributed by atoms with Crippen LogP contribution in [0.15, 0.2) is 17.0 Å². The highest BCUT2D eigenvalue weighted by Crippen LogP contribution is 2.44. The maximum absolute atomic E-state index is 15.5. The van der Waals surface area contributed by atoms with Gasteiger partial charge < -0.3 is 30.8 Å². The van der Waals surface area contributed by atoms with Crippen molar-refractivity contribution in [2.24, 2.45) is 16.9 Å². The first-order valence-corrected chi connectivity index (χ1v) is 14.9. The summed E-state index contributed by atoms with van der Waals surface area (Å²) in [6, 6.07) is 2.78. The number of ether oxygens (including phenoxy) is 2. The molecule has 0 spiro atoms. The van der Waals surface area contributed by atoms with Crippen LogP contribution in [0.2, 0.25) is 0 Å². The van der Waals surface area contributed by atoms with E-state index in [0.717, 1.165) is 0 Å². The van der Waals surface area contributed by atoms with Gasteiger partial charge in [0, 0.05) is 23.8 Å². The fourth-order valence-electron chi connectivity index (χ4n) is 6.18. The number of nitrogens with zero attached hydrogens (tertiary/aromatic N) is 1. The van der Waals surface area contributed by atoms with E-state index in [0.29, 0.717) is 54.7 Å². The zero-order valence-electron chi connectivity index (χ0n) is 22.2. The number of benzene rings is 1. The zero-order valence-corrected chi connectivity index (χ0v) is 23.0. The van der Waals surface area contributed by atoms with Crippen LogP contribution in [0, 0.1) is 11.2 Å². The first kappa shape index (κ1) is 27.6. The Morgan fingerprint density at radius 2 is 1.90 bits per heavy atom. The van der Waals surface area contributed by atoms with Crippen molar-refractivity contribution in [1.29, 1.82) is 0 Å². The molecule has 1 fully saturated rings. The third-order valence-electron chi connectivity index (χ3n) is 7.71. The van der Waals surface area contributed by atoms with E-state index < -0.39 is 27.0 Å². The van der Waals surface area contributed by atoms with Gasteiger partial charge in [0.15, 0.2) is 9.84 Å². The summed E-state index contributed by atoms with van der Waals surface area (Å²) in [7, 11) is -3.57. The van der Waals surface area contributed by atoms with Crippen LogP contribution in [-0.4, -0.2) is 49.3 Å². The number of hydrogen-bond donors (Lipinski definition) is 3. The summed E-state index contributed by atoms with van der Waals surface area (Å²) < 4.78 is 55.0. The van der Waals surface area contributed by atoms with E-state index in [9.17, 15) is 18.0 Å². The molecule has 2 aliphatic heterocycles. The van der Waals surface area contributed by atoms with Crippen molar-refractivity contribution in [2.75, 3.05) is 17.6 Å². The quantitative estimate of drug-likeness (QED) is 0.435. The van der Waals surface area contributed by atoms with Crippen molar-refractivity contribution in [1.82, 2.24) is 4.57 Å². The maximum Gasteiger partial charge on any atom is 0.307 e. The summed E-state index contributed by atoms with van der Waals surface area (Å²) in [6.07, 6.45) is 2.96. The lowest BCUT2D eigenvalue weighted by Gasteiger charge is -2.31. The van der Waals surface area contributed by atoms with Gasteiger partial charge in [0.25, 0.3) is 5.91 Å². The number of carbonyl (C=O) groups excluding carboxylic acids is 2. The summed E-state index contributed by atoms with van der Waals surface area (Å²) in [5.74, 6) is -2.00. The number of carbonyl (C=O) groups is 2. The van der Waals surface area contributed by atoms with Crippen molar-refractivity contribution in [3.63, 3.8) is 0 Å². The first-order valence-electron chi connectivity index (χ1n) is 13.3. The molecule has 0 bridgehead atoms. The van der Waals surface area contributed by atoms with Crippen molar-refractivity contribution in [3.05, 3.63) is 40.5 Å². The minimum atomic E-state index is -3.57. The molecule has 5 N–H and O–H groups in total. The standard InChI is InChI=1S/C27H35FN4O6S/c1-27(2)11-21-25(39(35,36)14-27)18-12-37-13-22(18)32(21)16-9-19(28)24(26(30)34)20(10-16)31-15-3-5-17(6-4-15)38-23(33)7-8-29/h9-10,15,17,31H,3-8,11-14,29H2,1-2H3,(H2,30,34)/t15-,17-. The van der Waals surface area contributed by atoms with Gasteiger partial charge in [-0.2, -0.15) is 0 Å². The fourth-order valence-corrected chi connectivity index (χ4v) is 8.53. The minimum absolute atomic E-state index is 0.0233. The highest BCUT2D eigenvalue weighted by atomic mass is 32.2. The third-order valence-corrected chi connectivity index (χ3v) is 9.97. The van der Waals surface area contributed by atoms with E-state index in [1.54, 1.807) is 10.6 Å². The number of amides is 1. The number of fused-ring (bicyclic) bond motifs is 3. The lowest BCUT2D eigenvalue weighted by atomic mass is 9.89. The van der Waals surface area contributed by atoms with Gasteiger partial charge in [0.05, 0.1) is 52.9 Å². The minimum Gasteiger partial charge on any atom is -0.462 e. The Labute approximate surface area is 227 Å². The highest BCUT2D eigenvalue weighted by Gasteiger charge is 2.43. The van der Waals surface area contributed by atoms with Gasteiger partial charge in [-0.05, 0) is 49.7 Å². The SMILES string of the molecule is CC1(C)Cc2c(c3c(n2-c2cc(F)c(C(N)=O)c(N[C@H]4CC[C@H](OC(=O)CCN)CC4)c2)COC3)S(=O)(=O)C1. The molecule has 2 aromatic rings. The van der Waals surface area contributed by atoms with Crippen LogP contribution in [-0.2, 0) is 43.7 Å². The number of halogens is 1. The molecule has 1 aromatic heterocycles. The van der Waals surface area contributed by atoms with Crippen LogP contribution in [0.5, 0.6) is 0 Å². The summed E-state index contributed by atoms with van der Waals surface area (Å²) in [5, 5.41) is 3.29. The number of nitrogens with one attached hydrogen (secondary N) is 1. The number of aromatic nitrogens is 1. The van der Waals surface area contributed by atoms with Crippen LogP contribution in [0.1, 0.15) is 73.3 Å². The normalized spacial score (nSPS) is 23.1. The number of esters is 1. The molecular weight excluding hydrogens is 527 g/mol. The van der Waals surface area contributed by atoms with Crippen molar-refractivity contribution >= 4 is 27.4 Å². The Bertz CT molecular complexity index is 1430. The third kappa shape index (κ3) is 5.29. The molecule has 1 saturated carbocycles. The van der Waals surface area contributed by atoms with Gasteiger partial charge in [0.1, 0.15) is 11.9 Å². The maximum atomic E-state index is 15.5. The zero-order chi connectivity index (χ0) is 28.1. The average molecular weight is 563 g/mol. The molecule has 0 radical (unpaired) electrons. The lowest BCUT2D eigenvalue weighted by molar-refractivity contribution is -0.150. The van der Waals surface area contributed by atoms with E-state index in [2.05, 4.69) is 5.32 Å². The molecule has 0 saturated heterocycles. The largest absolute Gasteiger partial charge is 0.462 e. The van der Waals surface area contributed by atoms with Gasteiger partial charge in [-0.15, -0.1) is 0 Å². The molecule has 3 heterocycles. The first-order chi connectivity index (χ1) is 18.4. The summed E-state index contributed by atoms with van der Waals surface area (Å²) in [4.78, 5) is 24.4. The number of anilines is 1. The Balaban J connectivity index is 1.50. The van der Waals surface area contributed by atoms with E-state index in [-0.39, 0.29) is 66.2 Å². The predicted molar refractivity (Wildman–Crippen MR) is 142 cm³/mol. The van der Waals surface area contributed by atoms with E-state index in [1.807, 2.05) is 13.8 Å². The topological polar surface area (TPSA) is 156 Å². The van der Waals surface area contributed by atoms with E-state index >= 15 is 4.39 Å². The number of rotatable bonds is 7. The monoisotopic (exact) mass is 562 g/mol. The molecule has 212 valence electrons. The Morgan fingerprint density at radius 3 is 2.56 bits per heavy atom. The molecule has 1 aromatic carbocycles. The van der Waals surface area contributed by atoms with E-state index in [4.69, 9.17) is 20.9 Å². The van der Waals surface area contributed by atoms with E-state index in [1.165, 1.54) is 6.07 Å². The molecule has 3 aliphatic rings. The Morgan fingerprint density at radius 1 is 1.18 bits per heavy atom. The molecule has 39 heavy (non-hydrogen) atoms. The number of nitrogens with two attached hydrogens (primary N) is 2. The average Bonchev–Trinajstić information content (AvgIpc) is 3.38. The number of sulfone groups is 1. The molecule has 1 amide bonds. The Hall–Kier alpha value is -2.96. The fraction of sp³-hybridized carbons (Fsp3) is 0.556. The second kappa shape index (κ2) is 10.2.